The molecule has 3 nitrogen and oxygen atoms in total. The molecule has 0 aromatic heterocycles. The van der Waals surface area contributed by atoms with Crippen molar-refractivity contribution >= 4 is 40.7 Å². The smallest absolute Gasteiger partial charge is 0.251 e. The third-order valence-corrected chi connectivity index (χ3v) is 2.82. The van der Waals surface area contributed by atoms with Crippen LogP contribution in [0.4, 0.5) is 0 Å². The Hall–Kier alpha value is -0.480. The zero-order valence-electron chi connectivity index (χ0n) is 9.17. The predicted octanol–water partition coefficient (Wildman–Crippen LogP) is 2.98. The third-order valence-electron chi connectivity index (χ3n) is 2.01. The molecule has 1 amide bonds. The fourth-order valence-electron chi connectivity index (χ4n) is 1.28. The van der Waals surface area contributed by atoms with Crippen molar-refractivity contribution in [2.24, 2.45) is 0 Å². The van der Waals surface area contributed by atoms with E-state index in [9.17, 15) is 4.79 Å². The van der Waals surface area contributed by atoms with E-state index in [-0.39, 0.29) is 17.8 Å². The molecule has 17 heavy (non-hydrogen) atoms. The molecule has 94 valence electrons. The lowest BCUT2D eigenvalue weighted by molar-refractivity contribution is 0.0907. The van der Waals surface area contributed by atoms with Gasteiger partial charge in [0, 0.05) is 28.6 Å². The van der Waals surface area contributed by atoms with Gasteiger partial charge in [0.05, 0.1) is 12.6 Å². The average Bonchev–Trinajstić information content (AvgIpc) is 2.27. The van der Waals surface area contributed by atoms with Gasteiger partial charge < -0.3 is 10.1 Å². The number of ether oxygens (including phenoxy) is 1. The van der Waals surface area contributed by atoms with Crippen LogP contribution in [0.25, 0.3) is 0 Å². The van der Waals surface area contributed by atoms with E-state index in [0.717, 1.165) is 0 Å². The number of amides is 1. The third kappa shape index (κ3) is 4.72. The van der Waals surface area contributed by atoms with Gasteiger partial charge in [-0.1, -0.05) is 23.2 Å². The van der Waals surface area contributed by atoms with Gasteiger partial charge in [-0.15, -0.1) is 11.6 Å². The van der Waals surface area contributed by atoms with Crippen LogP contribution in [0.2, 0.25) is 10.0 Å². The molecule has 1 unspecified atom stereocenters. The molecule has 0 radical (unpaired) electrons. The molecule has 1 atom stereocenters. The normalized spacial score (nSPS) is 12.2. The van der Waals surface area contributed by atoms with Gasteiger partial charge in [0.25, 0.3) is 5.91 Å². The van der Waals surface area contributed by atoms with E-state index in [4.69, 9.17) is 39.5 Å². The summed E-state index contributed by atoms with van der Waals surface area (Å²) < 4.78 is 4.93. The molecule has 0 aliphatic carbocycles. The van der Waals surface area contributed by atoms with E-state index in [1.54, 1.807) is 25.3 Å². The van der Waals surface area contributed by atoms with Gasteiger partial charge in [-0.3, -0.25) is 4.79 Å². The van der Waals surface area contributed by atoms with E-state index in [1.165, 1.54) is 0 Å². The molecule has 0 aliphatic heterocycles. The minimum atomic E-state index is -0.280. The number of carbonyl (C=O) groups is 1. The number of hydrogen-bond donors (Lipinski definition) is 1. The first-order valence-corrected chi connectivity index (χ1v) is 6.17. The topological polar surface area (TPSA) is 38.3 Å². The maximum Gasteiger partial charge on any atom is 0.251 e. The zero-order valence-corrected chi connectivity index (χ0v) is 11.4. The number of nitrogens with one attached hydrogen (secondary N) is 1. The van der Waals surface area contributed by atoms with Crippen molar-refractivity contribution in [1.82, 2.24) is 5.32 Å². The molecular weight excluding hydrogens is 284 g/mol. The summed E-state index contributed by atoms with van der Waals surface area (Å²) in [4.78, 5) is 11.9. The van der Waals surface area contributed by atoms with Crippen molar-refractivity contribution in [3.05, 3.63) is 33.8 Å². The first-order valence-electron chi connectivity index (χ1n) is 4.88. The highest BCUT2D eigenvalue weighted by Gasteiger charge is 2.13. The standard InChI is InChI=1S/C11H12Cl3NO2/c1-17-6-10(5-12)15-11(16)7-2-8(13)4-9(14)3-7/h2-4,10H,5-6H2,1H3,(H,15,16). The minimum Gasteiger partial charge on any atom is -0.383 e. The fourth-order valence-corrected chi connectivity index (χ4v) is 1.97. The number of hydrogen-bond acceptors (Lipinski definition) is 2. The molecule has 0 saturated heterocycles. The van der Waals surface area contributed by atoms with Crippen molar-refractivity contribution in [2.75, 3.05) is 19.6 Å². The Kier molecular flexibility index (Phi) is 6.06. The van der Waals surface area contributed by atoms with Crippen molar-refractivity contribution < 1.29 is 9.53 Å². The van der Waals surface area contributed by atoms with Gasteiger partial charge in [-0.05, 0) is 18.2 Å². The highest BCUT2D eigenvalue weighted by atomic mass is 35.5. The van der Waals surface area contributed by atoms with Gasteiger partial charge in [0.1, 0.15) is 0 Å². The van der Waals surface area contributed by atoms with Crippen molar-refractivity contribution in [2.45, 2.75) is 6.04 Å². The van der Waals surface area contributed by atoms with Crippen LogP contribution >= 0.6 is 34.8 Å². The highest BCUT2D eigenvalue weighted by Crippen LogP contribution is 2.19. The van der Waals surface area contributed by atoms with Crippen LogP contribution in [-0.4, -0.2) is 31.5 Å². The van der Waals surface area contributed by atoms with Gasteiger partial charge in [0.2, 0.25) is 0 Å². The number of halogens is 3. The van der Waals surface area contributed by atoms with Crippen molar-refractivity contribution in [3.63, 3.8) is 0 Å². The Labute approximate surface area is 115 Å². The average molecular weight is 297 g/mol. The van der Waals surface area contributed by atoms with Crippen LogP contribution in [0, 0.1) is 0 Å². The number of methoxy groups -OCH3 is 1. The van der Waals surface area contributed by atoms with E-state index in [1.807, 2.05) is 0 Å². The molecule has 1 aromatic carbocycles. The Morgan fingerprint density at radius 1 is 1.35 bits per heavy atom. The summed E-state index contributed by atoms with van der Waals surface area (Å²) in [6, 6.07) is 4.41. The molecule has 0 heterocycles. The molecule has 1 aromatic rings. The van der Waals surface area contributed by atoms with Crippen molar-refractivity contribution in [1.29, 1.82) is 0 Å². The van der Waals surface area contributed by atoms with Gasteiger partial charge in [-0.25, -0.2) is 0 Å². The fraction of sp³-hybridized carbons (Fsp3) is 0.364. The number of carbonyl (C=O) groups excluding carboxylic acids is 1. The van der Waals surface area contributed by atoms with Crippen LogP contribution in [-0.2, 0) is 4.74 Å². The molecule has 6 heteroatoms. The van der Waals surface area contributed by atoms with Crippen LogP contribution in [0.15, 0.2) is 18.2 Å². The van der Waals surface area contributed by atoms with Crippen molar-refractivity contribution in [3.8, 4) is 0 Å². The van der Waals surface area contributed by atoms with Crippen LogP contribution in [0.1, 0.15) is 10.4 Å². The van der Waals surface area contributed by atoms with E-state index in [0.29, 0.717) is 22.2 Å². The maximum atomic E-state index is 11.9. The summed E-state index contributed by atoms with van der Waals surface area (Å²) in [5, 5.41) is 3.55. The second-order valence-electron chi connectivity index (χ2n) is 3.44. The summed E-state index contributed by atoms with van der Waals surface area (Å²) in [6.45, 7) is 0.351. The van der Waals surface area contributed by atoms with Crippen LogP contribution < -0.4 is 5.32 Å². The second kappa shape index (κ2) is 7.07. The van der Waals surface area contributed by atoms with Crippen LogP contribution in [0.3, 0.4) is 0 Å². The second-order valence-corrected chi connectivity index (χ2v) is 4.62. The lowest BCUT2D eigenvalue weighted by Crippen LogP contribution is -2.39. The Morgan fingerprint density at radius 3 is 2.41 bits per heavy atom. The van der Waals surface area contributed by atoms with Gasteiger partial charge in [0.15, 0.2) is 0 Å². The molecule has 0 spiro atoms. The molecular formula is C11H12Cl3NO2. The number of alkyl halides is 1. The first kappa shape index (κ1) is 14.6. The van der Waals surface area contributed by atoms with Gasteiger partial charge in [-0.2, -0.15) is 0 Å². The van der Waals surface area contributed by atoms with E-state index >= 15 is 0 Å². The predicted molar refractivity (Wildman–Crippen MR) is 70.3 cm³/mol. The Morgan fingerprint density at radius 2 is 1.94 bits per heavy atom. The lowest BCUT2D eigenvalue weighted by Gasteiger charge is -2.15. The minimum absolute atomic E-state index is 0.244. The van der Waals surface area contributed by atoms with Crippen LogP contribution in [0.5, 0.6) is 0 Å². The quantitative estimate of drug-likeness (QED) is 0.848. The zero-order chi connectivity index (χ0) is 12.8. The highest BCUT2D eigenvalue weighted by molar-refractivity contribution is 6.35. The van der Waals surface area contributed by atoms with E-state index < -0.39 is 0 Å². The summed E-state index contributed by atoms with van der Waals surface area (Å²) in [5.41, 5.74) is 0.397. The summed E-state index contributed by atoms with van der Waals surface area (Å²) in [7, 11) is 1.54. The first-order chi connectivity index (χ1) is 8.06. The van der Waals surface area contributed by atoms with Gasteiger partial charge >= 0.3 is 0 Å². The lowest BCUT2D eigenvalue weighted by atomic mass is 10.2. The molecule has 0 fully saturated rings. The Balaban J connectivity index is 2.75. The number of benzene rings is 1. The molecule has 1 rings (SSSR count). The molecule has 0 bridgehead atoms. The molecule has 0 saturated carbocycles. The largest absolute Gasteiger partial charge is 0.383 e. The Bertz CT molecular complexity index is 378. The summed E-state index contributed by atoms with van der Waals surface area (Å²) >= 11 is 17.3. The molecule has 1 N–H and O–H groups in total. The number of rotatable bonds is 5. The summed E-state index contributed by atoms with van der Waals surface area (Å²) in [5.74, 6) is -0.00876. The summed E-state index contributed by atoms with van der Waals surface area (Å²) in [6.07, 6.45) is 0. The maximum absolute atomic E-state index is 11.9. The SMILES string of the molecule is COCC(CCl)NC(=O)c1cc(Cl)cc(Cl)c1. The van der Waals surface area contributed by atoms with E-state index in [2.05, 4.69) is 5.32 Å². The molecule has 0 aliphatic rings. The monoisotopic (exact) mass is 295 g/mol.